The molecule has 0 saturated carbocycles. The molecule has 7 nitrogen and oxygen atoms in total. The van der Waals surface area contributed by atoms with E-state index in [9.17, 15) is 9.59 Å². The van der Waals surface area contributed by atoms with Crippen molar-refractivity contribution >= 4 is 17.7 Å². The molecule has 0 atom stereocenters. The van der Waals surface area contributed by atoms with Gasteiger partial charge >= 0.3 is 5.97 Å². The molecule has 0 aliphatic rings. The fraction of sp³-hybridized carbons (Fsp3) is 0.643. The van der Waals surface area contributed by atoms with Gasteiger partial charge in [0.05, 0.1) is 7.11 Å². The molecule has 0 aliphatic heterocycles. The first-order valence-corrected chi connectivity index (χ1v) is 6.93. The number of rotatable bonds is 5. The quantitative estimate of drug-likeness (QED) is 0.793. The summed E-state index contributed by atoms with van der Waals surface area (Å²) in [6.45, 7) is 8.05. The number of aryl methyl sites for hydroxylation is 1. The number of amides is 1. The molecule has 1 aromatic heterocycles. The highest BCUT2D eigenvalue weighted by atomic mass is 16.5. The van der Waals surface area contributed by atoms with Crippen molar-refractivity contribution in [2.45, 2.75) is 52.6 Å². The smallest absolute Gasteiger partial charge is 0.360 e. The van der Waals surface area contributed by atoms with Crippen molar-refractivity contribution in [3.63, 3.8) is 0 Å². The first-order valence-electron chi connectivity index (χ1n) is 6.93. The number of carbonyl (C=O) groups excluding carboxylic acids is 2. The van der Waals surface area contributed by atoms with Crippen LogP contribution in [0, 0.1) is 0 Å². The summed E-state index contributed by atoms with van der Waals surface area (Å²) in [5.74, 6) is 0.260. The monoisotopic (exact) mass is 296 g/mol. The molecule has 118 valence electrons. The van der Waals surface area contributed by atoms with Gasteiger partial charge in [0.25, 0.3) is 0 Å². The number of nitrogens with one attached hydrogen (secondary N) is 1. The minimum Gasteiger partial charge on any atom is -0.464 e. The zero-order valence-corrected chi connectivity index (χ0v) is 13.3. The molecular formula is C14H24N4O3. The van der Waals surface area contributed by atoms with E-state index in [1.165, 1.54) is 7.11 Å². The number of methoxy groups -OCH3 is 1. The number of nitrogen functional groups attached to an aromatic ring is 1. The summed E-state index contributed by atoms with van der Waals surface area (Å²) in [6, 6.07) is 0. The van der Waals surface area contributed by atoms with Crippen molar-refractivity contribution in [3.8, 4) is 0 Å². The summed E-state index contributed by atoms with van der Waals surface area (Å²) < 4.78 is 6.34. The molecule has 0 saturated heterocycles. The number of imidazole rings is 1. The number of nitrogens with two attached hydrogens (primary N) is 1. The molecule has 1 rings (SSSR count). The predicted octanol–water partition coefficient (Wildman–Crippen LogP) is 1.12. The molecule has 0 spiro atoms. The minimum absolute atomic E-state index is 0.0720. The molecule has 0 aromatic carbocycles. The maximum absolute atomic E-state index is 11.9. The van der Waals surface area contributed by atoms with Crippen LogP contribution in [0.15, 0.2) is 0 Å². The van der Waals surface area contributed by atoms with Crippen LogP contribution >= 0.6 is 0 Å². The number of hydrogen-bond acceptors (Lipinski definition) is 5. The molecule has 0 bridgehead atoms. The van der Waals surface area contributed by atoms with Gasteiger partial charge in [-0.3, -0.25) is 4.79 Å². The van der Waals surface area contributed by atoms with E-state index in [4.69, 9.17) is 5.73 Å². The molecule has 0 fully saturated rings. The van der Waals surface area contributed by atoms with E-state index in [1.54, 1.807) is 4.57 Å². The summed E-state index contributed by atoms with van der Waals surface area (Å²) in [6.07, 6.45) is 0.882. The SMILES string of the molecule is CCc1nc(C(=O)OC)c(N)n1CCC(=O)NC(C)(C)C. The highest BCUT2D eigenvalue weighted by Gasteiger charge is 2.21. The molecule has 1 heterocycles. The molecule has 0 unspecified atom stereocenters. The van der Waals surface area contributed by atoms with Gasteiger partial charge in [0.2, 0.25) is 5.91 Å². The van der Waals surface area contributed by atoms with E-state index in [0.717, 1.165) is 0 Å². The number of anilines is 1. The van der Waals surface area contributed by atoms with Crippen molar-refractivity contribution in [3.05, 3.63) is 11.5 Å². The Morgan fingerprint density at radius 2 is 2.00 bits per heavy atom. The molecular weight excluding hydrogens is 272 g/mol. The number of ether oxygens (including phenoxy) is 1. The maximum atomic E-state index is 11.9. The van der Waals surface area contributed by atoms with E-state index in [2.05, 4.69) is 15.0 Å². The van der Waals surface area contributed by atoms with Crippen LogP contribution in [-0.2, 0) is 22.5 Å². The van der Waals surface area contributed by atoms with Crippen molar-refractivity contribution in [1.82, 2.24) is 14.9 Å². The lowest BCUT2D eigenvalue weighted by molar-refractivity contribution is -0.122. The van der Waals surface area contributed by atoms with E-state index >= 15 is 0 Å². The molecule has 0 radical (unpaired) electrons. The van der Waals surface area contributed by atoms with Gasteiger partial charge in [0, 0.05) is 24.9 Å². The van der Waals surface area contributed by atoms with E-state index in [1.807, 2.05) is 27.7 Å². The first-order chi connectivity index (χ1) is 9.69. The standard InChI is InChI=1S/C14H24N4O3/c1-6-9-16-11(13(20)21-5)12(15)18(9)8-7-10(19)17-14(2,3)4/h6-8,15H2,1-5H3,(H,17,19). The number of esters is 1. The fourth-order valence-electron chi connectivity index (χ4n) is 1.97. The lowest BCUT2D eigenvalue weighted by atomic mass is 10.1. The van der Waals surface area contributed by atoms with Gasteiger partial charge in [-0.05, 0) is 20.8 Å². The van der Waals surface area contributed by atoms with Gasteiger partial charge in [-0.2, -0.15) is 0 Å². The third-order valence-electron chi connectivity index (χ3n) is 2.86. The number of nitrogens with zero attached hydrogens (tertiary/aromatic N) is 2. The maximum Gasteiger partial charge on any atom is 0.360 e. The van der Waals surface area contributed by atoms with Crippen LogP contribution in [0.3, 0.4) is 0 Å². The molecule has 0 aliphatic carbocycles. The number of carbonyl (C=O) groups is 2. The zero-order valence-electron chi connectivity index (χ0n) is 13.3. The summed E-state index contributed by atoms with van der Waals surface area (Å²) in [7, 11) is 1.28. The van der Waals surface area contributed by atoms with Crippen LogP contribution in [0.2, 0.25) is 0 Å². The highest BCUT2D eigenvalue weighted by Crippen LogP contribution is 2.17. The van der Waals surface area contributed by atoms with E-state index in [0.29, 0.717) is 18.8 Å². The Labute approximate surface area is 124 Å². The van der Waals surface area contributed by atoms with Gasteiger partial charge in [0.15, 0.2) is 5.69 Å². The van der Waals surface area contributed by atoms with Gasteiger partial charge in [-0.1, -0.05) is 6.92 Å². The summed E-state index contributed by atoms with van der Waals surface area (Å²) in [5.41, 5.74) is 5.76. The highest BCUT2D eigenvalue weighted by molar-refractivity contribution is 5.92. The Balaban J connectivity index is 2.86. The zero-order chi connectivity index (χ0) is 16.2. The summed E-state index contributed by atoms with van der Waals surface area (Å²) in [5, 5.41) is 2.88. The normalized spacial score (nSPS) is 11.3. The average Bonchev–Trinajstić information content (AvgIpc) is 2.70. The van der Waals surface area contributed by atoms with Gasteiger partial charge in [-0.25, -0.2) is 9.78 Å². The first kappa shape index (κ1) is 17.0. The summed E-state index contributed by atoms with van der Waals surface area (Å²) >= 11 is 0. The average molecular weight is 296 g/mol. The summed E-state index contributed by atoms with van der Waals surface area (Å²) in [4.78, 5) is 27.6. The second-order valence-electron chi connectivity index (χ2n) is 5.81. The Kier molecular flexibility index (Phi) is 5.34. The Morgan fingerprint density at radius 3 is 2.48 bits per heavy atom. The van der Waals surface area contributed by atoms with E-state index < -0.39 is 5.97 Å². The van der Waals surface area contributed by atoms with Crippen molar-refractivity contribution < 1.29 is 14.3 Å². The Hall–Kier alpha value is -2.05. The molecule has 21 heavy (non-hydrogen) atoms. The second kappa shape index (κ2) is 6.60. The van der Waals surface area contributed by atoms with Crippen LogP contribution in [0.5, 0.6) is 0 Å². The third kappa shape index (κ3) is 4.47. The Bertz CT molecular complexity index is 529. The van der Waals surface area contributed by atoms with Crippen LogP contribution in [-0.4, -0.2) is 34.1 Å². The molecule has 3 N–H and O–H groups in total. The van der Waals surface area contributed by atoms with Crippen molar-refractivity contribution in [2.75, 3.05) is 12.8 Å². The van der Waals surface area contributed by atoms with E-state index in [-0.39, 0.29) is 29.4 Å². The van der Waals surface area contributed by atoms with Gasteiger partial charge < -0.3 is 20.4 Å². The van der Waals surface area contributed by atoms with Crippen LogP contribution in [0.1, 0.15) is 50.4 Å². The topological polar surface area (TPSA) is 99.2 Å². The van der Waals surface area contributed by atoms with Gasteiger partial charge in [-0.15, -0.1) is 0 Å². The van der Waals surface area contributed by atoms with Crippen LogP contribution < -0.4 is 11.1 Å². The predicted molar refractivity (Wildman–Crippen MR) is 79.9 cm³/mol. The number of hydrogen-bond donors (Lipinski definition) is 2. The minimum atomic E-state index is -0.569. The lowest BCUT2D eigenvalue weighted by Gasteiger charge is -2.20. The largest absolute Gasteiger partial charge is 0.464 e. The lowest BCUT2D eigenvalue weighted by Crippen LogP contribution is -2.40. The molecule has 1 aromatic rings. The van der Waals surface area contributed by atoms with Crippen molar-refractivity contribution in [1.29, 1.82) is 0 Å². The van der Waals surface area contributed by atoms with Crippen LogP contribution in [0.4, 0.5) is 5.82 Å². The second-order valence-corrected chi connectivity index (χ2v) is 5.81. The van der Waals surface area contributed by atoms with Gasteiger partial charge in [0.1, 0.15) is 11.6 Å². The molecule has 7 heteroatoms. The molecule has 1 amide bonds. The number of aromatic nitrogens is 2. The third-order valence-corrected chi connectivity index (χ3v) is 2.86. The Morgan fingerprint density at radius 1 is 1.38 bits per heavy atom. The van der Waals surface area contributed by atoms with Crippen LogP contribution in [0.25, 0.3) is 0 Å². The fourth-order valence-corrected chi connectivity index (χ4v) is 1.97. The van der Waals surface area contributed by atoms with Crippen molar-refractivity contribution in [2.24, 2.45) is 0 Å².